The zero-order valence-electron chi connectivity index (χ0n) is 22.8. The minimum Gasteiger partial charge on any atom is -0.339 e. The number of azide groups is 1. The number of hydrogen-bond acceptors (Lipinski definition) is 5. The molecule has 40 heavy (non-hydrogen) atoms. The van der Waals surface area contributed by atoms with Crippen molar-refractivity contribution >= 4 is 17.3 Å². The van der Waals surface area contributed by atoms with Gasteiger partial charge < -0.3 is 9.47 Å². The van der Waals surface area contributed by atoms with Gasteiger partial charge in [-0.25, -0.2) is 17.6 Å². The summed E-state index contributed by atoms with van der Waals surface area (Å²) in [7, 11) is 0. The van der Waals surface area contributed by atoms with E-state index in [0.717, 1.165) is 32.6 Å². The molecule has 0 spiro atoms. The van der Waals surface area contributed by atoms with Gasteiger partial charge in [0.1, 0.15) is 5.69 Å². The standard InChI is InChI=1S/C29H31F4N3O4/c1-13(37)29-19(39-28(4,40-29)20-21(30)23(32)25(35-36-34)24(33)22(20)31)12-18-16-6-5-14-11-15(38)7-9-26(14,2)17(16)8-10-27(18,29)3/h11,16-19H,5-10,12H2,1-4H3/t16?,17?,18?,19-,26+,27+,28?,29-/m1/s1. The molecule has 4 fully saturated rings. The van der Waals surface area contributed by atoms with Gasteiger partial charge in [0.2, 0.25) is 0 Å². The number of ketones is 2. The molecule has 4 aliphatic carbocycles. The lowest BCUT2D eigenvalue weighted by Gasteiger charge is -2.59. The fourth-order valence-electron chi connectivity index (χ4n) is 9.42. The summed E-state index contributed by atoms with van der Waals surface area (Å²) in [5.41, 5.74) is 4.74. The number of rotatable bonds is 3. The van der Waals surface area contributed by atoms with Crippen LogP contribution < -0.4 is 0 Å². The predicted molar refractivity (Wildman–Crippen MR) is 134 cm³/mol. The highest BCUT2D eigenvalue weighted by Gasteiger charge is 2.76. The van der Waals surface area contributed by atoms with Gasteiger partial charge in [0, 0.05) is 16.7 Å². The molecule has 0 radical (unpaired) electrons. The molecule has 3 saturated carbocycles. The molecular formula is C29H31F4N3O4. The van der Waals surface area contributed by atoms with Crippen LogP contribution in [0.4, 0.5) is 23.2 Å². The Morgan fingerprint density at radius 1 is 1.02 bits per heavy atom. The average Bonchev–Trinajstić information content (AvgIpc) is 3.34. The fourth-order valence-corrected chi connectivity index (χ4v) is 9.42. The van der Waals surface area contributed by atoms with Crippen LogP contribution in [0.25, 0.3) is 10.4 Å². The second kappa shape index (κ2) is 8.63. The van der Waals surface area contributed by atoms with Gasteiger partial charge in [0.15, 0.2) is 46.2 Å². The lowest BCUT2D eigenvalue weighted by Crippen LogP contribution is -2.59. The summed E-state index contributed by atoms with van der Waals surface area (Å²) in [6.45, 7) is 6.71. The average molecular weight is 562 g/mol. The van der Waals surface area contributed by atoms with E-state index in [1.807, 2.05) is 13.0 Å². The van der Waals surface area contributed by atoms with E-state index in [1.54, 1.807) is 0 Å². The van der Waals surface area contributed by atoms with Crippen molar-refractivity contribution in [2.45, 2.75) is 90.1 Å². The first-order valence-corrected chi connectivity index (χ1v) is 13.8. The normalized spacial score (nSPS) is 41.8. The maximum Gasteiger partial charge on any atom is 0.199 e. The molecule has 0 amide bonds. The number of hydrogen-bond donors (Lipinski definition) is 0. The molecule has 1 aromatic carbocycles. The van der Waals surface area contributed by atoms with Crippen molar-refractivity contribution in [2.75, 3.05) is 0 Å². The summed E-state index contributed by atoms with van der Waals surface area (Å²) in [5.74, 6) is -9.35. The predicted octanol–water partition coefficient (Wildman–Crippen LogP) is 7.24. The largest absolute Gasteiger partial charge is 0.339 e. The van der Waals surface area contributed by atoms with Gasteiger partial charge in [-0.3, -0.25) is 9.59 Å². The lowest BCUT2D eigenvalue weighted by atomic mass is 9.46. The minimum atomic E-state index is -2.32. The molecule has 5 aliphatic rings. The Bertz CT molecular complexity index is 1410. The zero-order valence-corrected chi connectivity index (χ0v) is 22.8. The Labute approximate surface area is 228 Å². The molecule has 4 unspecified atom stereocenters. The summed E-state index contributed by atoms with van der Waals surface area (Å²) < 4.78 is 72.5. The SMILES string of the molecule is CC(=O)[C@@]12OC(C)(c3c(F)c(F)c(N=[N+]=[N-])c(F)c3F)O[C@@H]1CC1C3CCC4=CC(=O)CC[C@]4(C)C3CC[C@@]12C. The molecule has 0 aromatic heterocycles. The summed E-state index contributed by atoms with van der Waals surface area (Å²) in [4.78, 5) is 27.9. The quantitative estimate of drug-likeness (QED) is 0.128. The first kappa shape index (κ1) is 27.4. The highest BCUT2D eigenvalue weighted by molar-refractivity contribution is 5.91. The van der Waals surface area contributed by atoms with E-state index in [0.29, 0.717) is 25.2 Å². The second-order valence-electron chi connectivity index (χ2n) is 12.8. The summed E-state index contributed by atoms with van der Waals surface area (Å²) >= 11 is 0. The smallest absolute Gasteiger partial charge is 0.199 e. The van der Waals surface area contributed by atoms with Crippen LogP contribution in [-0.4, -0.2) is 23.3 Å². The molecule has 214 valence electrons. The van der Waals surface area contributed by atoms with E-state index in [1.165, 1.54) is 12.5 Å². The van der Waals surface area contributed by atoms with Crippen molar-refractivity contribution in [3.63, 3.8) is 0 Å². The number of nitrogens with zero attached hydrogens (tertiary/aromatic N) is 3. The van der Waals surface area contributed by atoms with Crippen LogP contribution in [0.1, 0.15) is 78.2 Å². The maximum absolute atomic E-state index is 15.3. The molecule has 8 atom stereocenters. The molecule has 1 saturated heterocycles. The van der Waals surface area contributed by atoms with Gasteiger partial charge in [0.25, 0.3) is 0 Å². The number of halogens is 4. The van der Waals surface area contributed by atoms with Crippen LogP contribution in [-0.2, 0) is 24.8 Å². The highest BCUT2D eigenvalue weighted by Crippen LogP contribution is 2.71. The zero-order chi connectivity index (χ0) is 29.0. The molecule has 6 rings (SSSR count). The first-order chi connectivity index (χ1) is 18.7. The topological polar surface area (TPSA) is 101 Å². The molecule has 11 heteroatoms. The fraction of sp³-hybridized carbons (Fsp3) is 0.655. The highest BCUT2D eigenvalue weighted by atomic mass is 19.2. The van der Waals surface area contributed by atoms with Gasteiger partial charge in [-0.05, 0) is 87.1 Å². The third-order valence-corrected chi connectivity index (χ3v) is 11.2. The van der Waals surface area contributed by atoms with Gasteiger partial charge in [-0.15, -0.1) is 0 Å². The Balaban J connectivity index is 1.41. The number of allylic oxidation sites excluding steroid dienone is 1. The molecule has 1 heterocycles. The number of ether oxygens (including phenoxy) is 2. The van der Waals surface area contributed by atoms with E-state index in [-0.39, 0.29) is 28.8 Å². The number of Topliss-reactive ketones (excluding diaryl/α,β-unsaturated/α-hetero) is 1. The molecule has 1 aromatic rings. The molecule has 7 nitrogen and oxygen atoms in total. The van der Waals surface area contributed by atoms with Crippen molar-refractivity contribution in [3.05, 3.63) is 50.9 Å². The summed E-state index contributed by atoms with van der Waals surface area (Å²) in [6, 6.07) is 0. The molecular weight excluding hydrogens is 530 g/mol. The van der Waals surface area contributed by atoms with Gasteiger partial charge in [0.05, 0.1) is 11.7 Å². The van der Waals surface area contributed by atoms with E-state index in [9.17, 15) is 18.4 Å². The number of benzene rings is 1. The second-order valence-corrected chi connectivity index (χ2v) is 12.8. The van der Waals surface area contributed by atoms with Crippen molar-refractivity contribution in [3.8, 4) is 0 Å². The Morgan fingerprint density at radius 2 is 1.70 bits per heavy atom. The van der Waals surface area contributed by atoms with Gasteiger partial charge >= 0.3 is 0 Å². The third kappa shape index (κ3) is 3.22. The van der Waals surface area contributed by atoms with Crippen LogP contribution in [0.2, 0.25) is 0 Å². The Hall–Kier alpha value is -2.75. The lowest BCUT2D eigenvalue weighted by molar-refractivity contribution is -0.230. The Morgan fingerprint density at radius 3 is 2.33 bits per heavy atom. The third-order valence-electron chi connectivity index (χ3n) is 11.2. The number of fused-ring (bicyclic) bond motifs is 7. The first-order valence-electron chi connectivity index (χ1n) is 13.8. The van der Waals surface area contributed by atoms with E-state index in [2.05, 4.69) is 16.9 Å². The maximum atomic E-state index is 15.3. The summed E-state index contributed by atoms with van der Waals surface area (Å²) in [5, 5.41) is 2.75. The van der Waals surface area contributed by atoms with E-state index >= 15 is 8.78 Å². The van der Waals surface area contributed by atoms with Crippen LogP contribution in [0, 0.1) is 51.9 Å². The minimum absolute atomic E-state index is 0.00351. The van der Waals surface area contributed by atoms with Gasteiger partial charge in [-0.2, -0.15) is 0 Å². The summed E-state index contributed by atoms with van der Waals surface area (Å²) in [6.07, 6.45) is 5.59. The number of carbonyl (C=O) groups is 2. The van der Waals surface area contributed by atoms with Crippen molar-refractivity contribution in [2.24, 2.45) is 33.7 Å². The molecule has 1 aliphatic heterocycles. The molecule has 0 bridgehead atoms. The van der Waals surface area contributed by atoms with Crippen molar-refractivity contribution < 1.29 is 36.6 Å². The van der Waals surface area contributed by atoms with Crippen LogP contribution in [0.5, 0.6) is 0 Å². The van der Waals surface area contributed by atoms with E-state index in [4.69, 9.17) is 15.0 Å². The van der Waals surface area contributed by atoms with Gasteiger partial charge in [-0.1, -0.05) is 24.5 Å². The number of carbonyl (C=O) groups excluding carboxylic acids is 2. The van der Waals surface area contributed by atoms with Crippen molar-refractivity contribution in [1.29, 1.82) is 0 Å². The Kier molecular flexibility index (Phi) is 5.92. The molecule has 0 N–H and O–H groups in total. The van der Waals surface area contributed by atoms with Crippen molar-refractivity contribution in [1.82, 2.24) is 0 Å². The monoisotopic (exact) mass is 561 g/mol. The van der Waals surface area contributed by atoms with Crippen LogP contribution >= 0.6 is 0 Å². The van der Waals surface area contributed by atoms with E-state index < -0.39 is 57.4 Å². The van der Waals surface area contributed by atoms with Crippen LogP contribution in [0.3, 0.4) is 0 Å². The van der Waals surface area contributed by atoms with Crippen LogP contribution in [0.15, 0.2) is 16.8 Å².